The highest BCUT2D eigenvalue weighted by molar-refractivity contribution is 7.89. The summed E-state index contributed by atoms with van der Waals surface area (Å²) in [6, 6.07) is 12.5. The molecule has 1 amide bonds. The van der Waals surface area contributed by atoms with Gasteiger partial charge in [0.25, 0.3) is 0 Å². The van der Waals surface area contributed by atoms with Gasteiger partial charge >= 0.3 is 0 Å². The largest absolute Gasteiger partial charge is 0.494 e. The van der Waals surface area contributed by atoms with Crippen molar-refractivity contribution in [1.82, 2.24) is 4.72 Å². The van der Waals surface area contributed by atoms with E-state index in [1.807, 2.05) is 45.0 Å². The minimum Gasteiger partial charge on any atom is -0.494 e. The first-order valence-corrected chi connectivity index (χ1v) is 10.9. The number of hydrogen-bond donors (Lipinski definition) is 1. The molecule has 1 atom stereocenters. The van der Waals surface area contributed by atoms with Gasteiger partial charge in [-0.2, -0.15) is 0 Å². The fourth-order valence-electron chi connectivity index (χ4n) is 3.25. The van der Waals surface area contributed by atoms with Crippen molar-refractivity contribution in [3.63, 3.8) is 0 Å². The van der Waals surface area contributed by atoms with Crippen LogP contribution in [0.4, 0.5) is 5.69 Å². The van der Waals surface area contributed by atoms with Gasteiger partial charge in [0.05, 0.1) is 11.5 Å². The molecule has 0 aromatic heterocycles. The Morgan fingerprint density at radius 3 is 2.46 bits per heavy atom. The third kappa shape index (κ3) is 4.54. The lowest BCUT2D eigenvalue weighted by Gasteiger charge is -2.17. The third-order valence-corrected chi connectivity index (χ3v) is 6.44. The SMILES string of the molecule is CCOc1ccc(N2C[C@@H](CNS(=O)(=O)c3ccc(C)c(C)c3)CC2=O)cc1. The highest BCUT2D eigenvalue weighted by atomic mass is 32.2. The second-order valence-electron chi connectivity index (χ2n) is 7.10. The number of benzene rings is 2. The molecule has 1 heterocycles. The first-order chi connectivity index (χ1) is 13.3. The molecule has 6 nitrogen and oxygen atoms in total. The van der Waals surface area contributed by atoms with Crippen LogP contribution in [0.2, 0.25) is 0 Å². The van der Waals surface area contributed by atoms with Crippen molar-refractivity contribution in [3.05, 3.63) is 53.6 Å². The smallest absolute Gasteiger partial charge is 0.240 e. The summed E-state index contributed by atoms with van der Waals surface area (Å²) in [5.74, 6) is 0.690. The number of ether oxygens (including phenoxy) is 1. The zero-order valence-corrected chi connectivity index (χ0v) is 17.3. The maximum Gasteiger partial charge on any atom is 0.240 e. The zero-order valence-electron chi connectivity index (χ0n) is 16.4. The first kappa shape index (κ1) is 20.4. The molecule has 1 saturated heterocycles. The summed E-state index contributed by atoms with van der Waals surface area (Å²) in [5.41, 5.74) is 2.78. The van der Waals surface area contributed by atoms with Crippen LogP contribution >= 0.6 is 0 Å². The van der Waals surface area contributed by atoms with E-state index in [1.54, 1.807) is 23.1 Å². The van der Waals surface area contributed by atoms with Crippen molar-refractivity contribution in [2.75, 3.05) is 24.6 Å². The lowest BCUT2D eigenvalue weighted by molar-refractivity contribution is -0.117. The van der Waals surface area contributed by atoms with Crippen LogP contribution < -0.4 is 14.4 Å². The Kier molecular flexibility index (Phi) is 6.05. The van der Waals surface area contributed by atoms with Gasteiger partial charge in [0, 0.05) is 25.2 Å². The van der Waals surface area contributed by atoms with Crippen molar-refractivity contribution in [2.45, 2.75) is 32.1 Å². The van der Waals surface area contributed by atoms with Crippen LogP contribution in [0.25, 0.3) is 0 Å². The Morgan fingerprint density at radius 1 is 1.11 bits per heavy atom. The Labute approximate surface area is 166 Å². The monoisotopic (exact) mass is 402 g/mol. The normalized spacial score (nSPS) is 17.2. The molecule has 2 aromatic carbocycles. The highest BCUT2D eigenvalue weighted by Gasteiger charge is 2.31. The van der Waals surface area contributed by atoms with Gasteiger partial charge in [0.15, 0.2) is 0 Å². The lowest BCUT2D eigenvalue weighted by Crippen LogP contribution is -2.31. The topological polar surface area (TPSA) is 75.7 Å². The summed E-state index contributed by atoms with van der Waals surface area (Å²) in [4.78, 5) is 14.3. The Morgan fingerprint density at radius 2 is 1.82 bits per heavy atom. The molecule has 1 aliphatic rings. The number of carbonyl (C=O) groups excluding carboxylic acids is 1. The molecule has 0 aliphatic carbocycles. The second-order valence-corrected chi connectivity index (χ2v) is 8.87. The van der Waals surface area contributed by atoms with Crippen LogP contribution in [-0.4, -0.2) is 34.0 Å². The average Bonchev–Trinajstić information content (AvgIpc) is 3.04. The molecule has 0 spiro atoms. The molecule has 28 heavy (non-hydrogen) atoms. The number of carbonyl (C=O) groups is 1. The molecule has 0 bridgehead atoms. The maximum absolute atomic E-state index is 12.6. The van der Waals surface area contributed by atoms with E-state index in [0.717, 1.165) is 22.6 Å². The minimum absolute atomic E-state index is 0.000428. The van der Waals surface area contributed by atoms with Gasteiger partial charge in [-0.25, -0.2) is 13.1 Å². The number of nitrogens with zero attached hydrogens (tertiary/aromatic N) is 1. The van der Waals surface area contributed by atoms with Crippen molar-refractivity contribution < 1.29 is 17.9 Å². The van der Waals surface area contributed by atoms with Crippen LogP contribution in [0.1, 0.15) is 24.5 Å². The van der Waals surface area contributed by atoms with Crippen LogP contribution in [0, 0.1) is 19.8 Å². The molecule has 7 heteroatoms. The Bertz CT molecular complexity index is 955. The first-order valence-electron chi connectivity index (χ1n) is 9.40. The number of aryl methyl sites for hydroxylation is 2. The fraction of sp³-hybridized carbons (Fsp3) is 0.381. The quantitative estimate of drug-likeness (QED) is 0.772. The number of sulfonamides is 1. The van der Waals surface area contributed by atoms with Gasteiger partial charge in [0.2, 0.25) is 15.9 Å². The summed E-state index contributed by atoms with van der Waals surface area (Å²) < 4.78 is 33.2. The lowest BCUT2D eigenvalue weighted by atomic mass is 10.1. The van der Waals surface area contributed by atoms with Crippen LogP contribution in [0.3, 0.4) is 0 Å². The van der Waals surface area contributed by atoms with Crippen LogP contribution in [-0.2, 0) is 14.8 Å². The van der Waals surface area contributed by atoms with Crippen LogP contribution in [0.5, 0.6) is 5.75 Å². The molecule has 0 radical (unpaired) electrons. The number of amides is 1. The van der Waals surface area contributed by atoms with Crippen molar-refractivity contribution in [1.29, 1.82) is 0 Å². The number of hydrogen-bond acceptors (Lipinski definition) is 4. The summed E-state index contributed by atoms with van der Waals surface area (Å²) >= 11 is 0. The van der Waals surface area contributed by atoms with E-state index in [0.29, 0.717) is 19.6 Å². The minimum atomic E-state index is -3.59. The van der Waals surface area contributed by atoms with E-state index in [1.165, 1.54) is 0 Å². The molecule has 0 saturated carbocycles. The van der Waals surface area contributed by atoms with E-state index < -0.39 is 10.0 Å². The summed E-state index contributed by atoms with van der Waals surface area (Å²) in [5, 5.41) is 0. The fourth-order valence-corrected chi connectivity index (χ4v) is 4.45. The van der Waals surface area contributed by atoms with E-state index in [-0.39, 0.29) is 23.3 Å². The van der Waals surface area contributed by atoms with Gasteiger partial charge in [-0.1, -0.05) is 6.07 Å². The molecule has 0 unspecified atom stereocenters. The van der Waals surface area contributed by atoms with Gasteiger partial charge in [-0.3, -0.25) is 4.79 Å². The summed E-state index contributed by atoms with van der Waals surface area (Å²) in [6.45, 7) is 7.06. The molecule has 1 N–H and O–H groups in total. The molecule has 3 rings (SSSR count). The highest BCUT2D eigenvalue weighted by Crippen LogP contribution is 2.27. The summed E-state index contributed by atoms with van der Waals surface area (Å²) in [6.07, 6.45) is 0.322. The van der Waals surface area contributed by atoms with E-state index >= 15 is 0 Å². The molecule has 2 aromatic rings. The number of nitrogens with one attached hydrogen (secondary N) is 1. The predicted molar refractivity (Wildman–Crippen MR) is 109 cm³/mol. The molecule has 1 fully saturated rings. The average molecular weight is 403 g/mol. The van der Waals surface area contributed by atoms with Crippen molar-refractivity contribution in [3.8, 4) is 5.75 Å². The predicted octanol–water partition coefficient (Wildman–Crippen LogP) is 3.03. The second kappa shape index (κ2) is 8.32. The molecular weight excluding hydrogens is 376 g/mol. The standard InChI is InChI=1S/C21H26N2O4S/c1-4-27-19-8-6-18(7-9-19)23-14-17(12-21(23)24)13-22-28(25,26)20-10-5-15(2)16(3)11-20/h5-11,17,22H,4,12-14H2,1-3H3/t17-/m1/s1. The van der Waals surface area contributed by atoms with E-state index in [2.05, 4.69) is 4.72 Å². The zero-order chi connectivity index (χ0) is 20.3. The number of anilines is 1. The van der Waals surface area contributed by atoms with Gasteiger partial charge in [-0.15, -0.1) is 0 Å². The summed E-state index contributed by atoms with van der Waals surface area (Å²) in [7, 11) is -3.59. The van der Waals surface area contributed by atoms with Gasteiger partial charge in [0.1, 0.15) is 5.75 Å². The van der Waals surface area contributed by atoms with Crippen molar-refractivity contribution in [2.24, 2.45) is 5.92 Å². The molecule has 1 aliphatic heterocycles. The van der Waals surface area contributed by atoms with Gasteiger partial charge < -0.3 is 9.64 Å². The molecule has 150 valence electrons. The number of rotatable bonds is 7. The van der Waals surface area contributed by atoms with Gasteiger partial charge in [-0.05, 0) is 74.2 Å². The van der Waals surface area contributed by atoms with E-state index in [4.69, 9.17) is 4.74 Å². The third-order valence-electron chi connectivity index (χ3n) is 5.02. The van der Waals surface area contributed by atoms with E-state index in [9.17, 15) is 13.2 Å². The van der Waals surface area contributed by atoms with Crippen LogP contribution in [0.15, 0.2) is 47.4 Å². The molecular formula is C21H26N2O4S. The Hall–Kier alpha value is -2.38. The Balaban J connectivity index is 1.63. The van der Waals surface area contributed by atoms with Crippen molar-refractivity contribution >= 4 is 21.6 Å². The maximum atomic E-state index is 12.6.